The van der Waals surface area contributed by atoms with Crippen LogP contribution in [-0.4, -0.2) is 4.92 Å². The van der Waals surface area contributed by atoms with Crippen LogP contribution in [0.4, 0.5) is 5.69 Å². The standard InChI is InChI=1S/C7H7IN2O2/c8-6-3-5(4-9)1-2-7(6)10(11)12/h1-3H,4,9H2. The molecule has 0 aliphatic rings. The molecule has 0 atom stereocenters. The zero-order valence-electron chi connectivity index (χ0n) is 6.16. The summed E-state index contributed by atoms with van der Waals surface area (Å²) >= 11 is 1.93. The van der Waals surface area contributed by atoms with E-state index >= 15 is 0 Å². The van der Waals surface area contributed by atoms with Gasteiger partial charge in [0.25, 0.3) is 5.69 Å². The Bertz CT molecular complexity index is 314. The molecule has 0 heterocycles. The largest absolute Gasteiger partial charge is 0.326 e. The number of nitro benzene ring substituents is 1. The van der Waals surface area contributed by atoms with Crippen molar-refractivity contribution in [2.75, 3.05) is 0 Å². The maximum absolute atomic E-state index is 10.4. The van der Waals surface area contributed by atoms with E-state index in [1.54, 1.807) is 12.1 Å². The van der Waals surface area contributed by atoms with Gasteiger partial charge in [0.15, 0.2) is 0 Å². The minimum atomic E-state index is -0.401. The van der Waals surface area contributed by atoms with E-state index in [1.165, 1.54) is 6.07 Å². The molecule has 0 bridgehead atoms. The molecular weight excluding hydrogens is 271 g/mol. The molecule has 12 heavy (non-hydrogen) atoms. The van der Waals surface area contributed by atoms with Gasteiger partial charge >= 0.3 is 0 Å². The smallest absolute Gasteiger partial charge is 0.282 e. The van der Waals surface area contributed by atoms with E-state index < -0.39 is 4.92 Å². The summed E-state index contributed by atoms with van der Waals surface area (Å²) in [6.45, 7) is 0.411. The van der Waals surface area contributed by atoms with Crippen LogP contribution in [0.2, 0.25) is 0 Å². The molecule has 1 rings (SSSR count). The Morgan fingerprint density at radius 2 is 2.25 bits per heavy atom. The van der Waals surface area contributed by atoms with Crippen LogP contribution in [0, 0.1) is 13.7 Å². The highest BCUT2D eigenvalue weighted by Crippen LogP contribution is 2.21. The second-order valence-corrected chi connectivity index (χ2v) is 3.41. The Morgan fingerprint density at radius 3 is 2.67 bits per heavy atom. The fourth-order valence-corrected chi connectivity index (χ4v) is 1.60. The summed E-state index contributed by atoms with van der Waals surface area (Å²) < 4.78 is 0.626. The molecule has 64 valence electrons. The predicted octanol–water partition coefficient (Wildman–Crippen LogP) is 1.66. The first-order chi connectivity index (χ1) is 5.65. The van der Waals surface area contributed by atoms with E-state index in [9.17, 15) is 10.1 Å². The lowest BCUT2D eigenvalue weighted by molar-refractivity contribution is -0.385. The van der Waals surface area contributed by atoms with E-state index in [1.807, 2.05) is 22.6 Å². The lowest BCUT2D eigenvalue weighted by Crippen LogP contribution is -1.98. The molecule has 0 radical (unpaired) electrons. The lowest BCUT2D eigenvalue weighted by Gasteiger charge is -1.98. The molecule has 2 N–H and O–H groups in total. The third-order valence-electron chi connectivity index (χ3n) is 1.44. The maximum Gasteiger partial charge on any atom is 0.282 e. The summed E-state index contributed by atoms with van der Waals surface area (Å²) in [7, 11) is 0. The molecule has 0 aromatic heterocycles. The molecule has 4 nitrogen and oxygen atoms in total. The summed E-state index contributed by atoms with van der Waals surface area (Å²) in [4.78, 5) is 9.99. The van der Waals surface area contributed by atoms with Crippen molar-refractivity contribution in [3.05, 3.63) is 37.4 Å². The number of hydrogen-bond donors (Lipinski definition) is 1. The van der Waals surface area contributed by atoms with Crippen LogP contribution in [0.5, 0.6) is 0 Å². The monoisotopic (exact) mass is 278 g/mol. The van der Waals surface area contributed by atoms with Crippen molar-refractivity contribution >= 4 is 28.3 Å². The van der Waals surface area contributed by atoms with Crippen molar-refractivity contribution in [3.8, 4) is 0 Å². The Kier molecular flexibility index (Phi) is 2.99. The molecule has 0 aliphatic heterocycles. The highest BCUT2D eigenvalue weighted by molar-refractivity contribution is 14.1. The Hall–Kier alpha value is -0.690. The van der Waals surface area contributed by atoms with Crippen molar-refractivity contribution in [1.29, 1.82) is 0 Å². The Morgan fingerprint density at radius 1 is 1.58 bits per heavy atom. The highest BCUT2D eigenvalue weighted by atomic mass is 127. The topological polar surface area (TPSA) is 69.2 Å². The van der Waals surface area contributed by atoms with Crippen LogP contribution >= 0.6 is 22.6 Å². The van der Waals surface area contributed by atoms with Gasteiger partial charge in [-0.2, -0.15) is 0 Å². The second-order valence-electron chi connectivity index (χ2n) is 2.25. The first-order valence-corrected chi connectivity index (χ1v) is 4.36. The number of nitrogens with two attached hydrogens (primary N) is 1. The van der Waals surface area contributed by atoms with E-state index in [0.29, 0.717) is 10.1 Å². The molecule has 0 amide bonds. The van der Waals surface area contributed by atoms with Crippen molar-refractivity contribution in [2.45, 2.75) is 6.54 Å². The number of hydrogen-bond acceptors (Lipinski definition) is 3. The first-order valence-electron chi connectivity index (χ1n) is 3.28. The number of halogens is 1. The maximum atomic E-state index is 10.4. The van der Waals surface area contributed by atoms with Crippen molar-refractivity contribution < 1.29 is 4.92 Å². The van der Waals surface area contributed by atoms with Crippen LogP contribution in [0.25, 0.3) is 0 Å². The first kappa shape index (κ1) is 9.40. The van der Waals surface area contributed by atoms with E-state index in [2.05, 4.69) is 0 Å². The minimum absolute atomic E-state index is 0.132. The van der Waals surface area contributed by atoms with Gasteiger partial charge in [-0.05, 0) is 34.2 Å². The summed E-state index contributed by atoms with van der Waals surface area (Å²) in [6, 6.07) is 4.86. The van der Waals surface area contributed by atoms with Gasteiger partial charge in [-0.15, -0.1) is 0 Å². The van der Waals surface area contributed by atoms with Crippen LogP contribution in [0.1, 0.15) is 5.56 Å². The summed E-state index contributed by atoms with van der Waals surface area (Å²) in [5.41, 5.74) is 6.41. The predicted molar refractivity (Wildman–Crippen MR) is 53.7 cm³/mol. The SMILES string of the molecule is NCc1ccc([N+](=O)[O-])c(I)c1. The van der Waals surface area contributed by atoms with Gasteiger partial charge in [0, 0.05) is 12.6 Å². The molecule has 1 aromatic rings. The normalized spacial score (nSPS) is 9.83. The third-order valence-corrected chi connectivity index (χ3v) is 2.31. The number of nitrogens with zero attached hydrogens (tertiary/aromatic N) is 1. The van der Waals surface area contributed by atoms with Gasteiger partial charge < -0.3 is 5.73 Å². The van der Waals surface area contributed by atoms with Crippen molar-refractivity contribution in [1.82, 2.24) is 0 Å². The summed E-state index contributed by atoms with van der Waals surface area (Å²) in [6.07, 6.45) is 0. The fraction of sp³-hybridized carbons (Fsp3) is 0.143. The molecule has 5 heteroatoms. The van der Waals surface area contributed by atoms with Crippen molar-refractivity contribution in [2.24, 2.45) is 5.73 Å². The molecule has 0 fully saturated rings. The average Bonchev–Trinajstić information content (AvgIpc) is 2.03. The molecule has 0 unspecified atom stereocenters. The molecule has 0 saturated heterocycles. The van der Waals surface area contributed by atoms with Gasteiger partial charge in [0.2, 0.25) is 0 Å². The minimum Gasteiger partial charge on any atom is -0.326 e. The molecule has 0 spiro atoms. The highest BCUT2D eigenvalue weighted by Gasteiger charge is 2.10. The van der Waals surface area contributed by atoms with E-state index in [4.69, 9.17) is 5.73 Å². The van der Waals surface area contributed by atoms with Crippen LogP contribution in [0.3, 0.4) is 0 Å². The Labute approximate surface area is 83.1 Å². The number of benzene rings is 1. The third kappa shape index (κ3) is 1.92. The van der Waals surface area contributed by atoms with Gasteiger partial charge in [0.1, 0.15) is 0 Å². The van der Waals surface area contributed by atoms with E-state index in [0.717, 1.165) is 5.56 Å². The van der Waals surface area contributed by atoms with Crippen LogP contribution < -0.4 is 5.73 Å². The zero-order chi connectivity index (χ0) is 9.14. The van der Waals surface area contributed by atoms with Crippen molar-refractivity contribution in [3.63, 3.8) is 0 Å². The quantitative estimate of drug-likeness (QED) is 0.508. The zero-order valence-corrected chi connectivity index (χ0v) is 8.32. The second kappa shape index (κ2) is 3.81. The molecule has 1 aromatic carbocycles. The number of nitro groups is 1. The van der Waals surface area contributed by atoms with Gasteiger partial charge in [-0.25, -0.2) is 0 Å². The van der Waals surface area contributed by atoms with Crippen LogP contribution in [-0.2, 0) is 6.54 Å². The fourth-order valence-electron chi connectivity index (χ4n) is 0.825. The number of rotatable bonds is 2. The van der Waals surface area contributed by atoms with Crippen LogP contribution in [0.15, 0.2) is 18.2 Å². The molecular formula is C7H7IN2O2. The Balaban J connectivity index is 3.12. The lowest BCUT2D eigenvalue weighted by atomic mass is 10.2. The van der Waals surface area contributed by atoms with Gasteiger partial charge in [-0.1, -0.05) is 6.07 Å². The van der Waals surface area contributed by atoms with Gasteiger partial charge in [-0.3, -0.25) is 10.1 Å². The molecule has 0 saturated carbocycles. The summed E-state index contributed by atoms with van der Waals surface area (Å²) in [5, 5.41) is 10.4. The molecule has 0 aliphatic carbocycles. The average molecular weight is 278 g/mol. The van der Waals surface area contributed by atoms with Gasteiger partial charge in [0.05, 0.1) is 8.49 Å². The van der Waals surface area contributed by atoms with E-state index in [-0.39, 0.29) is 5.69 Å². The summed E-state index contributed by atoms with van der Waals surface area (Å²) in [5.74, 6) is 0.